The van der Waals surface area contributed by atoms with Crippen LogP contribution in [0.5, 0.6) is 0 Å². The molecule has 0 heterocycles. The van der Waals surface area contributed by atoms with Gasteiger partial charge in [0.25, 0.3) is 5.91 Å². The summed E-state index contributed by atoms with van der Waals surface area (Å²) in [5.74, 6) is -0.182. The molecule has 1 amide bonds. The fraction of sp³-hybridized carbons (Fsp3) is 0.385. The van der Waals surface area contributed by atoms with Crippen LogP contribution in [-0.2, 0) is 9.59 Å². The molecule has 0 aliphatic carbocycles. The van der Waals surface area contributed by atoms with Crippen LogP contribution in [0.15, 0.2) is 24.3 Å². The molecule has 0 spiro atoms. The van der Waals surface area contributed by atoms with Crippen LogP contribution in [0.1, 0.15) is 13.3 Å². The van der Waals surface area contributed by atoms with Crippen molar-refractivity contribution in [3.8, 4) is 0 Å². The number of carbonyl (C=O) groups excluding carboxylic acids is 2. The molecular formula is C13H19ClN2O3S. The molecule has 0 saturated carbocycles. The molecule has 7 heteroatoms. The minimum absolute atomic E-state index is 0.0450. The number of hydrogen-bond donors (Lipinski definition) is 2. The number of halogens is 1. The molecule has 1 rings (SSSR count). The zero-order chi connectivity index (χ0) is 15.5. The van der Waals surface area contributed by atoms with E-state index >= 15 is 0 Å². The molecule has 0 bridgehead atoms. The third-order valence-corrected chi connectivity index (χ3v) is 3.05. The first-order valence-corrected chi connectivity index (χ1v) is 7.70. The Hall–Kier alpha value is -1.24. The average Bonchev–Trinajstić information content (AvgIpc) is 2.38. The van der Waals surface area contributed by atoms with Crippen molar-refractivity contribution in [3.05, 3.63) is 29.3 Å². The van der Waals surface area contributed by atoms with E-state index in [0.717, 1.165) is 24.8 Å². The predicted molar refractivity (Wildman–Crippen MR) is 80.4 cm³/mol. The maximum Gasteiger partial charge on any atom is 0.282 e. The fourth-order valence-electron chi connectivity index (χ4n) is 1.17. The Balaban J connectivity index is 0.000000796. The minimum Gasteiger partial charge on any atom is -0.550 e. The normalized spacial score (nSPS) is 11.0. The van der Waals surface area contributed by atoms with Crippen molar-refractivity contribution in [2.75, 3.05) is 17.3 Å². The highest BCUT2D eigenvalue weighted by Crippen LogP contribution is 2.13. The van der Waals surface area contributed by atoms with Gasteiger partial charge in [0.15, 0.2) is 6.04 Å². The van der Waals surface area contributed by atoms with Crippen LogP contribution in [0, 0.1) is 0 Å². The Morgan fingerprint density at radius 3 is 2.35 bits per heavy atom. The molecular weight excluding hydrogens is 300 g/mol. The van der Waals surface area contributed by atoms with Gasteiger partial charge in [-0.2, -0.15) is 11.8 Å². The molecule has 0 aliphatic rings. The molecule has 0 saturated heterocycles. The second-order valence-electron chi connectivity index (χ2n) is 3.97. The first kappa shape index (κ1) is 18.8. The van der Waals surface area contributed by atoms with Crippen molar-refractivity contribution < 1.29 is 20.4 Å². The van der Waals surface area contributed by atoms with E-state index < -0.39 is 5.97 Å². The zero-order valence-electron chi connectivity index (χ0n) is 11.5. The Bertz CT molecular complexity index is 422. The van der Waals surface area contributed by atoms with E-state index in [4.69, 9.17) is 21.5 Å². The summed E-state index contributed by atoms with van der Waals surface area (Å²) >= 11 is 7.47. The quantitative estimate of drug-likeness (QED) is 0.821. The highest BCUT2D eigenvalue weighted by Gasteiger charge is 2.16. The number of carboxylic acids is 1. The SMILES string of the molecule is CC(=O)[O-].CSCC[C@H]([NH3+])C(=O)Nc1ccc(Cl)cc1. The largest absolute Gasteiger partial charge is 0.550 e. The second-order valence-corrected chi connectivity index (χ2v) is 5.39. The van der Waals surface area contributed by atoms with Crippen LogP contribution in [0.4, 0.5) is 5.69 Å². The van der Waals surface area contributed by atoms with Crippen LogP contribution in [0.3, 0.4) is 0 Å². The summed E-state index contributed by atoms with van der Waals surface area (Å²) in [6, 6.07) is 6.85. The lowest BCUT2D eigenvalue weighted by molar-refractivity contribution is -0.402. The Labute approximate surface area is 127 Å². The molecule has 0 aliphatic heterocycles. The first-order valence-electron chi connectivity index (χ1n) is 5.92. The van der Waals surface area contributed by atoms with E-state index in [0.29, 0.717) is 5.02 Å². The van der Waals surface area contributed by atoms with Gasteiger partial charge in [-0.3, -0.25) is 4.79 Å². The number of rotatable bonds is 5. The number of aliphatic carboxylic acids is 1. The molecule has 112 valence electrons. The summed E-state index contributed by atoms with van der Waals surface area (Å²) in [7, 11) is 0. The number of thioether (sulfide) groups is 1. The lowest BCUT2D eigenvalue weighted by atomic mass is 10.2. The minimum atomic E-state index is -1.08. The van der Waals surface area contributed by atoms with Crippen molar-refractivity contribution in [1.29, 1.82) is 0 Å². The molecule has 1 aromatic rings. The number of hydrogen-bond acceptors (Lipinski definition) is 4. The van der Waals surface area contributed by atoms with Crippen LogP contribution in [0.25, 0.3) is 0 Å². The van der Waals surface area contributed by atoms with Crippen LogP contribution in [0.2, 0.25) is 5.02 Å². The van der Waals surface area contributed by atoms with Gasteiger partial charge in [0.2, 0.25) is 0 Å². The van der Waals surface area contributed by atoms with Gasteiger partial charge in [-0.05, 0) is 43.2 Å². The van der Waals surface area contributed by atoms with E-state index in [-0.39, 0.29) is 11.9 Å². The topological polar surface area (TPSA) is 96.9 Å². The highest BCUT2D eigenvalue weighted by atomic mass is 35.5. The summed E-state index contributed by atoms with van der Waals surface area (Å²) in [5, 5.41) is 12.4. The van der Waals surface area contributed by atoms with Gasteiger partial charge in [0.05, 0.1) is 0 Å². The standard InChI is InChI=1S/C11H15ClN2OS.C2H4O2/c1-16-7-6-10(13)11(15)14-9-4-2-8(12)3-5-9;1-2(3)4/h2-5,10H,6-7,13H2,1H3,(H,14,15);1H3,(H,3,4)/t10-;/m0./s1. The summed E-state index contributed by atoms with van der Waals surface area (Å²) < 4.78 is 0. The van der Waals surface area contributed by atoms with Gasteiger partial charge < -0.3 is 21.0 Å². The van der Waals surface area contributed by atoms with Crippen LogP contribution >= 0.6 is 23.4 Å². The third-order valence-electron chi connectivity index (χ3n) is 2.15. The smallest absolute Gasteiger partial charge is 0.282 e. The molecule has 0 aromatic heterocycles. The fourth-order valence-corrected chi connectivity index (χ4v) is 1.81. The summed E-state index contributed by atoms with van der Waals surface area (Å²) in [4.78, 5) is 20.6. The number of nitrogens with one attached hydrogen (secondary N) is 1. The van der Waals surface area contributed by atoms with Gasteiger partial charge >= 0.3 is 0 Å². The predicted octanol–water partition coefficient (Wildman–Crippen LogP) is 0.398. The summed E-state index contributed by atoms with van der Waals surface area (Å²) in [6.07, 6.45) is 2.81. The summed E-state index contributed by atoms with van der Waals surface area (Å²) in [6.45, 7) is 0.972. The van der Waals surface area contributed by atoms with Gasteiger partial charge in [-0.1, -0.05) is 11.6 Å². The van der Waals surface area contributed by atoms with Gasteiger partial charge in [-0.25, -0.2) is 0 Å². The van der Waals surface area contributed by atoms with Crippen LogP contribution in [-0.4, -0.2) is 29.9 Å². The molecule has 1 atom stereocenters. The van der Waals surface area contributed by atoms with Gasteiger partial charge in [0.1, 0.15) is 0 Å². The maximum absolute atomic E-state index is 11.7. The molecule has 0 radical (unpaired) electrons. The van der Waals surface area contributed by atoms with E-state index in [9.17, 15) is 4.79 Å². The molecule has 4 N–H and O–H groups in total. The lowest BCUT2D eigenvalue weighted by Gasteiger charge is -2.08. The zero-order valence-corrected chi connectivity index (χ0v) is 13.1. The number of carboxylic acid groups (broad SMARTS) is 1. The highest BCUT2D eigenvalue weighted by molar-refractivity contribution is 7.98. The second kappa shape index (κ2) is 10.5. The van der Waals surface area contributed by atoms with Crippen molar-refractivity contribution >= 4 is 40.9 Å². The van der Waals surface area contributed by atoms with E-state index in [2.05, 4.69) is 11.1 Å². The van der Waals surface area contributed by atoms with Gasteiger partial charge in [0, 0.05) is 23.1 Å². The number of anilines is 1. The molecule has 0 unspecified atom stereocenters. The molecule has 1 aromatic carbocycles. The Morgan fingerprint density at radius 1 is 1.40 bits per heavy atom. The first-order chi connectivity index (χ1) is 9.36. The van der Waals surface area contributed by atoms with E-state index in [1.807, 2.05) is 6.26 Å². The van der Waals surface area contributed by atoms with Crippen LogP contribution < -0.4 is 16.2 Å². The number of benzene rings is 1. The average molecular weight is 319 g/mol. The number of carbonyl (C=O) groups is 2. The molecule has 0 fully saturated rings. The summed E-state index contributed by atoms with van der Waals surface area (Å²) in [5.41, 5.74) is 4.59. The Morgan fingerprint density at radius 2 is 1.90 bits per heavy atom. The van der Waals surface area contributed by atoms with Crippen molar-refractivity contribution in [3.63, 3.8) is 0 Å². The molecule has 5 nitrogen and oxygen atoms in total. The number of amides is 1. The van der Waals surface area contributed by atoms with Crippen molar-refractivity contribution in [2.45, 2.75) is 19.4 Å². The number of quaternary nitrogens is 1. The van der Waals surface area contributed by atoms with Crippen molar-refractivity contribution in [1.82, 2.24) is 0 Å². The van der Waals surface area contributed by atoms with E-state index in [1.54, 1.807) is 36.0 Å². The maximum atomic E-state index is 11.7. The Kier molecular flexibility index (Phi) is 9.88. The van der Waals surface area contributed by atoms with E-state index in [1.165, 1.54) is 0 Å². The monoisotopic (exact) mass is 318 g/mol. The van der Waals surface area contributed by atoms with Crippen molar-refractivity contribution in [2.24, 2.45) is 0 Å². The lowest BCUT2D eigenvalue weighted by Crippen LogP contribution is -2.66. The third kappa shape index (κ3) is 9.66. The van der Waals surface area contributed by atoms with Gasteiger partial charge in [-0.15, -0.1) is 0 Å². The molecule has 20 heavy (non-hydrogen) atoms.